The lowest BCUT2D eigenvalue weighted by molar-refractivity contribution is -0.145. The summed E-state index contributed by atoms with van der Waals surface area (Å²) in [5.41, 5.74) is 0.770. The van der Waals surface area contributed by atoms with Crippen molar-refractivity contribution in [2.45, 2.75) is 6.42 Å². The summed E-state index contributed by atoms with van der Waals surface area (Å²) in [6.07, 6.45) is 3.46. The highest BCUT2D eigenvalue weighted by atomic mass is 16.5. The van der Waals surface area contributed by atoms with Crippen molar-refractivity contribution < 1.29 is 14.3 Å². The number of methoxy groups -OCH3 is 1. The summed E-state index contributed by atoms with van der Waals surface area (Å²) in [4.78, 5) is 28.5. The van der Waals surface area contributed by atoms with Gasteiger partial charge >= 0.3 is 5.97 Å². The van der Waals surface area contributed by atoms with Crippen LogP contribution in [0.3, 0.4) is 0 Å². The number of nitrogens with zero attached hydrogens (tertiary/aromatic N) is 2. The van der Waals surface area contributed by atoms with Crippen LogP contribution in [0.25, 0.3) is 0 Å². The van der Waals surface area contributed by atoms with Crippen LogP contribution < -0.4 is 4.90 Å². The van der Waals surface area contributed by atoms with Crippen molar-refractivity contribution in [1.82, 2.24) is 4.98 Å². The van der Waals surface area contributed by atoms with Crippen LogP contribution >= 0.6 is 0 Å². The molecule has 0 bridgehead atoms. The molecule has 5 heteroatoms. The maximum Gasteiger partial charge on any atom is 0.311 e. The van der Waals surface area contributed by atoms with Crippen LogP contribution in [0, 0.1) is 5.92 Å². The van der Waals surface area contributed by atoms with Gasteiger partial charge in [0.25, 0.3) is 0 Å². The Morgan fingerprint density at radius 3 is 2.81 bits per heavy atom. The van der Waals surface area contributed by atoms with Gasteiger partial charge in [0, 0.05) is 31.0 Å². The SMILES string of the molecule is COC(=O)C1CC(=O)N(c2ccncc2)C1. The second-order valence-electron chi connectivity index (χ2n) is 3.63. The molecule has 1 saturated heterocycles. The Morgan fingerprint density at radius 1 is 1.50 bits per heavy atom. The van der Waals surface area contributed by atoms with E-state index in [0.717, 1.165) is 5.69 Å². The molecule has 0 aromatic carbocycles. The van der Waals surface area contributed by atoms with Crippen LogP contribution in [0.5, 0.6) is 0 Å². The standard InChI is InChI=1S/C11H12N2O3/c1-16-11(15)8-6-10(14)13(7-8)9-2-4-12-5-3-9/h2-5,8H,6-7H2,1H3. The molecule has 16 heavy (non-hydrogen) atoms. The van der Waals surface area contributed by atoms with E-state index in [1.165, 1.54) is 7.11 Å². The summed E-state index contributed by atoms with van der Waals surface area (Å²) in [5.74, 6) is -0.739. The second kappa shape index (κ2) is 4.30. The molecule has 2 rings (SSSR count). The van der Waals surface area contributed by atoms with Crippen LogP contribution in [0.15, 0.2) is 24.5 Å². The average molecular weight is 220 g/mol. The number of carbonyl (C=O) groups is 2. The molecular formula is C11H12N2O3. The maximum absolute atomic E-state index is 11.7. The van der Waals surface area contributed by atoms with Gasteiger partial charge in [0.15, 0.2) is 0 Å². The fourth-order valence-corrected chi connectivity index (χ4v) is 1.81. The van der Waals surface area contributed by atoms with Crippen LogP contribution in [-0.4, -0.2) is 30.5 Å². The van der Waals surface area contributed by atoms with Crippen LogP contribution in [0.2, 0.25) is 0 Å². The quantitative estimate of drug-likeness (QED) is 0.685. The molecule has 0 aliphatic carbocycles. The predicted molar refractivity (Wildman–Crippen MR) is 56.7 cm³/mol. The summed E-state index contributed by atoms with van der Waals surface area (Å²) < 4.78 is 4.64. The number of hydrogen-bond donors (Lipinski definition) is 0. The Kier molecular flexibility index (Phi) is 2.85. The van der Waals surface area contributed by atoms with Gasteiger partial charge in [-0.3, -0.25) is 14.6 Å². The van der Waals surface area contributed by atoms with Crippen molar-refractivity contribution in [2.24, 2.45) is 5.92 Å². The average Bonchev–Trinajstić information content (AvgIpc) is 2.71. The van der Waals surface area contributed by atoms with E-state index in [4.69, 9.17) is 0 Å². The van der Waals surface area contributed by atoms with Crippen LogP contribution in [-0.2, 0) is 14.3 Å². The van der Waals surface area contributed by atoms with Gasteiger partial charge < -0.3 is 9.64 Å². The van der Waals surface area contributed by atoms with E-state index in [0.29, 0.717) is 6.54 Å². The van der Waals surface area contributed by atoms with Crippen molar-refractivity contribution in [3.63, 3.8) is 0 Å². The molecule has 1 atom stereocenters. The Balaban J connectivity index is 2.14. The lowest BCUT2D eigenvalue weighted by atomic mass is 10.1. The first kappa shape index (κ1) is 10.6. The number of rotatable bonds is 2. The molecule has 0 radical (unpaired) electrons. The first-order valence-electron chi connectivity index (χ1n) is 5.00. The topological polar surface area (TPSA) is 59.5 Å². The van der Waals surface area contributed by atoms with Crippen molar-refractivity contribution in [3.8, 4) is 0 Å². The number of esters is 1. The summed E-state index contributed by atoms with van der Waals surface area (Å²) in [5, 5.41) is 0. The molecule has 0 spiro atoms. The van der Waals surface area contributed by atoms with Gasteiger partial charge in [-0.25, -0.2) is 0 Å². The monoisotopic (exact) mass is 220 g/mol. The molecule has 1 fully saturated rings. The summed E-state index contributed by atoms with van der Waals surface area (Å²) >= 11 is 0. The fourth-order valence-electron chi connectivity index (χ4n) is 1.81. The van der Waals surface area contributed by atoms with Crippen LogP contribution in [0.1, 0.15) is 6.42 Å². The summed E-state index contributed by atoms with van der Waals surface area (Å²) in [7, 11) is 1.34. The van der Waals surface area contributed by atoms with E-state index in [1.54, 1.807) is 29.4 Å². The molecule has 1 amide bonds. The number of hydrogen-bond acceptors (Lipinski definition) is 4. The summed E-state index contributed by atoms with van der Waals surface area (Å²) in [6, 6.07) is 3.50. The van der Waals surface area contributed by atoms with E-state index >= 15 is 0 Å². The largest absolute Gasteiger partial charge is 0.469 e. The lowest BCUT2D eigenvalue weighted by Crippen LogP contribution is -2.26. The molecule has 1 aliphatic rings. The number of pyridine rings is 1. The van der Waals surface area contributed by atoms with E-state index in [-0.39, 0.29) is 24.2 Å². The highest BCUT2D eigenvalue weighted by Crippen LogP contribution is 2.24. The number of anilines is 1. The van der Waals surface area contributed by atoms with Gasteiger partial charge in [-0.05, 0) is 12.1 Å². The Morgan fingerprint density at radius 2 is 2.19 bits per heavy atom. The third-order valence-corrected chi connectivity index (χ3v) is 2.63. The van der Waals surface area contributed by atoms with Gasteiger partial charge in [0.2, 0.25) is 5.91 Å². The molecule has 0 N–H and O–H groups in total. The Bertz CT molecular complexity index is 405. The van der Waals surface area contributed by atoms with Crippen molar-refractivity contribution in [2.75, 3.05) is 18.6 Å². The van der Waals surface area contributed by atoms with Gasteiger partial charge in [-0.1, -0.05) is 0 Å². The van der Waals surface area contributed by atoms with Gasteiger partial charge in [0.1, 0.15) is 0 Å². The minimum Gasteiger partial charge on any atom is -0.469 e. The van der Waals surface area contributed by atoms with Crippen LogP contribution in [0.4, 0.5) is 5.69 Å². The van der Waals surface area contributed by atoms with Crippen molar-refractivity contribution in [1.29, 1.82) is 0 Å². The zero-order valence-corrected chi connectivity index (χ0v) is 8.92. The van der Waals surface area contributed by atoms with Gasteiger partial charge in [-0.15, -0.1) is 0 Å². The van der Waals surface area contributed by atoms with Gasteiger partial charge in [0.05, 0.1) is 13.0 Å². The number of aromatic nitrogens is 1. The second-order valence-corrected chi connectivity index (χ2v) is 3.63. The fraction of sp³-hybridized carbons (Fsp3) is 0.364. The summed E-state index contributed by atoms with van der Waals surface area (Å²) in [6.45, 7) is 0.384. The normalized spacial score (nSPS) is 19.9. The molecule has 0 saturated carbocycles. The van der Waals surface area contributed by atoms with E-state index < -0.39 is 0 Å². The Labute approximate surface area is 93.0 Å². The highest BCUT2D eigenvalue weighted by Gasteiger charge is 2.35. The first-order chi connectivity index (χ1) is 7.72. The zero-order valence-electron chi connectivity index (χ0n) is 8.92. The molecule has 2 heterocycles. The maximum atomic E-state index is 11.7. The minimum absolute atomic E-state index is 0.0541. The number of ether oxygens (including phenoxy) is 1. The van der Waals surface area contributed by atoms with E-state index in [1.807, 2.05) is 0 Å². The molecule has 1 aliphatic heterocycles. The Hall–Kier alpha value is -1.91. The third kappa shape index (κ3) is 1.88. The molecular weight excluding hydrogens is 208 g/mol. The first-order valence-corrected chi connectivity index (χ1v) is 5.00. The molecule has 5 nitrogen and oxygen atoms in total. The third-order valence-electron chi connectivity index (χ3n) is 2.63. The predicted octanol–water partition coefficient (Wildman–Crippen LogP) is 0.607. The molecule has 1 unspecified atom stereocenters. The van der Waals surface area contributed by atoms with E-state index in [2.05, 4.69) is 9.72 Å². The number of amides is 1. The van der Waals surface area contributed by atoms with Crippen molar-refractivity contribution in [3.05, 3.63) is 24.5 Å². The van der Waals surface area contributed by atoms with E-state index in [9.17, 15) is 9.59 Å². The number of carbonyl (C=O) groups excluding carboxylic acids is 2. The minimum atomic E-state index is -0.356. The zero-order chi connectivity index (χ0) is 11.5. The highest BCUT2D eigenvalue weighted by molar-refractivity contribution is 5.99. The molecule has 1 aromatic rings. The lowest BCUT2D eigenvalue weighted by Gasteiger charge is -2.15. The van der Waals surface area contributed by atoms with Gasteiger partial charge in [-0.2, -0.15) is 0 Å². The molecule has 84 valence electrons. The van der Waals surface area contributed by atoms with Crippen molar-refractivity contribution >= 4 is 17.6 Å². The molecule has 1 aromatic heterocycles. The smallest absolute Gasteiger partial charge is 0.311 e.